The van der Waals surface area contributed by atoms with E-state index < -0.39 is 0 Å². The second-order valence-corrected chi connectivity index (χ2v) is 7.23. The van der Waals surface area contributed by atoms with Gasteiger partial charge in [0.15, 0.2) is 0 Å². The third-order valence-electron chi connectivity index (χ3n) is 5.05. The summed E-state index contributed by atoms with van der Waals surface area (Å²) in [7, 11) is 5.18. The summed E-state index contributed by atoms with van der Waals surface area (Å²) in [4.78, 5) is 15.6. The molecule has 2 aliphatic heterocycles. The molecule has 3 rings (SSSR count). The Kier molecular flexibility index (Phi) is 5.61. The molecule has 2 fully saturated rings. The van der Waals surface area contributed by atoms with E-state index in [1.165, 1.54) is 5.56 Å². The second-order valence-electron chi connectivity index (χ2n) is 7.23. The van der Waals surface area contributed by atoms with Crippen LogP contribution in [0, 0.1) is 0 Å². The molecule has 1 aromatic rings. The highest BCUT2D eigenvalue weighted by molar-refractivity contribution is 5.76. The molecule has 2 aliphatic rings. The van der Waals surface area contributed by atoms with Crippen LogP contribution in [0.2, 0.25) is 0 Å². The first kappa shape index (κ1) is 18.2. The number of hydrogen-bond donors (Lipinski definition) is 0. The van der Waals surface area contributed by atoms with E-state index in [0.717, 1.165) is 38.2 Å². The Bertz CT molecular complexity index is 607. The van der Waals surface area contributed by atoms with Crippen LogP contribution < -0.4 is 4.74 Å². The summed E-state index contributed by atoms with van der Waals surface area (Å²) in [6, 6.07) is 8.20. The van der Waals surface area contributed by atoms with Crippen molar-refractivity contribution in [1.29, 1.82) is 0 Å². The number of carbonyl (C=O) groups excluding carboxylic acids is 1. The first-order valence-electron chi connectivity index (χ1n) is 8.81. The monoisotopic (exact) mass is 348 g/mol. The molecular formula is C19H28N2O4. The van der Waals surface area contributed by atoms with Gasteiger partial charge in [-0.1, -0.05) is 12.1 Å². The summed E-state index contributed by atoms with van der Waals surface area (Å²) in [6.45, 7) is 3.53. The van der Waals surface area contributed by atoms with Gasteiger partial charge in [-0.2, -0.15) is 0 Å². The summed E-state index contributed by atoms with van der Waals surface area (Å²) in [5, 5.41) is 0. The average molecular weight is 348 g/mol. The Morgan fingerprint density at radius 2 is 2.28 bits per heavy atom. The van der Waals surface area contributed by atoms with Crippen molar-refractivity contribution < 1.29 is 19.0 Å². The molecule has 0 aliphatic carbocycles. The van der Waals surface area contributed by atoms with Gasteiger partial charge in [0.25, 0.3) is 0 Å². The highest BCUT2D eigenvalue weighted by atomic mass is 16.6. The van der Waals surface area contributed by atoms with Gasteiger partial charge in [-0.25, -0.2) is 0 Å². The number of nitrogens with zero attached hydrogens (tertiary/aromatic N) is 2. The van der Waals surface area contributed by atoms with Gasteiger partial charge in [0.1, 0.15) is 12.4 Å². The summed E-state index contributed by atoms with van der Waals surface area (Å²) < 4.78 is 17.1. The largest absolute Gasteiger partial charge is 0.497 e. The lowest BCUT2D eigenvalue weighted by molar-refractivity contribution is -0.135. The zero-order valence-electron chi connectivity index (χ0n) is 15.4. The van der Waals surface area contributed by atoms with Crippen LogP contribution in [0.5, 0.6) is 5.75 Å². The van der Waals surface area contributed by atoms with E-state index >= 15 is 0 Å². The molecule has 0 unspecified atom stereocenters. The molecule has 2 heterocycles. The second kappa shape index (κ2) is 7.72. The van der Waals surface area contributed by atoms with E-state index in [4.69, 9.17) is 14.2 Å². The molecule has 0 saturated carbocycles. The van der Waals surface area contributed by atoms with Crippen LogP contribution >= 0.6 is 0 Å². The Labute approximate surface area is 149 Å². The Morgan fingerprint density at radius 3 is 3.04 bits per heavy atom. The van der Waals surface area contributed by atoms with Gasteiger partial charge in [-0.15, -0.1) is 0 Å². The van der Waals surface area contributed by atoms with Gasteiger partial charge >= 0.3 is 0 Å². The van der Waals surface area contributed by atoms with Crippen LogP contribution in [0.1, 0.15) is 18.4 Å². The van der Waals surface area contributed by atoms with Crippen molar-refractivity contribution in [2.24, 2.45) is 0 Å². The minimum Gasteiger partial charge on any atom is -0.497 e. The van der Waals surface area contributed by atoms with Gasteiger partial charge in [-0.05, 0) is 24.1 Å². The molecule has 1 amide bonds. The number of amides is 1. The lowest BCUT2D eigenvalue weighted by Crippen LogP contribution is -2.33. The average Bonchev–Trinajstić information content (AvgIpc) is 3.19. The van der Waals surface area contributed by atoms with Gasteiger partial charge < -0.3 is 19.1 Å². The number of carbonyl (C=O) groups is 1. The maximum atomic E-state index is 11.7. The van der Waals surface area contributed by atoms with Crippen LogP contribution in [0.4, 0.5) is 0 Å². The Morgan fingerprint density at radius 1 is 1.44 bits per heavy atom. The molecule has 2 atom stereocenters. The number of rotatable bonds is 6. The molecule has 2 saturated heterocycles. The highest BCUT2D eigenvalue weighted by Gasteiger charge is 2.45. The number of methoxy groups -OCH3 is 1. The van der Waals surface area contributed by atoms with Crippen molar-refractivity contribution in [1.82, 2.24) is 9.80 Å². The van der Waals surface area contributed by atoms with E-state index in [9.17, 15) is 4.79 Å². The molecule has 0 radical (unpaired) electrons. The lowest BCUT2D eigenvalue weighted by atomic mass is 9.98. The predicted molar refractivity (Wildman–Crippen MR) is 94.6 cm³/mol. The number of likely N-dealkylation sites (tertiary alicyclic amines) is 1. The van der Waals surface area contributed by atoms with Gasteiger partial charge in [0.2, 0.25) is 5.91 Å². The summed E-state index contributed by atoms with van der Waals surface area (Å²) >= 11 is 0. The summed E-state index contributed by atoms with van der Waals surface area (Å²) in [6.07, 6.45) is 1.89. The third-order valence-corrected chi connectivity index (χ3v) is 5.05. The minimum absolute atomic E-state index is 0.00739. The molecule has 1 aromatic carbocycles. The molecule has 1 spiro atoms. The molecule has 0 aromatic heterocycles. The zero-order valence-corrected chi connectivity index (χ0v) is 15.4. The molecule has 0 N–H and O–H groups in total. The SMILES string of the molecule is COc1cccc(CN2CC[C@]3(C[C@@H](OCC(=O)N(C)C)CO3)C2)c1. The molecule has 0 bridgehead atoms. The van der Waals surface area contributed by atoms with Crippen molar-refractivity contribution in [3.05, 3.63) is 29.8 Å². The first-order chi connectivity index (χ1) is 12.0. The maximum Gasteiger partial charge on any atom is 0.248 e. The van der Waals surface area contributed by atoms with Crippen molar-refractivity contribution >= 4 is 5.91 Å². The van der Waals surface area contributed by atoms with E-state index in [-0.39, 0.29) is 24.2 Å². The molecule has 6 heteroatoms. The zero-order chi connectivity index (χ0) is 17.9. The minimum atomic E-state index is -0.120. The van der Waals surface area contributed by atoms with Crippen LogP contribution in [-0.2, 0) is 20.8 Å². The Hall–Kier alpha value is -1.63. The normalized spacial score (nSPS) is 26.3. The first-order valence-corrected chi connectivity index (χ1v) is 8.81. The molecule has 25 heavy (non-hydrogen) atoms. The smallest absolute Gasteiger partial charge is 0.248 e. The maximum absolute atomic E-state index is 11.7. The third kappa shape index (κ3) is 4.51. The van der Waals surface area contributed by atoms with E-state index in [0.29, 0.717) is 6.61 Å². The molecule has 6 nitrogen and oxygen atoms in total. The van der Waals surface area contributed by atoms with Gasteiger partial charge in [0.05, 0.1) is 25.4 Å². The highest BCUT2D eigenvalue weighted by Crippen LogP contribution is 2.36. The van der Waals surface area contributed by atoms with E-state index in [2.05, 4.69) is 17.0 Å². The number of ether oxygens (including phenoxy) is 3. The number of hydrogen-bond acceptors (Lipinski definition) is 5. The predicted octanol–water partition coefficient (Wildman–Crippen LogP) is 1.53. The fourth-order valence-corrected chi connectivity index (χ4v) is 3.60. The Balaban J connectivity index is 1.49. The van der Waals surface area contributed by atoms with Crippen molar-refractivity contribution in [2.45, 2.75) is 31.1 Å². The van der Waals surface area contributed by atoms with Crippen molar-refractivity contribution in [3.63, 3.8) is 0 Å². The quantitative estimate of drug-likeness (QED) is 0.780. The van der Waals surface area contributed by atoms with Crippen LogP contribution in [-0.4, -0.2) is 74.9 Å². The van der Waals surface area contributed by atoms with Crippen LogP contribution in [0.3, 0.4) is 0 Å². The lowest BCUT2D eigenvalue weighted by Gasteiger charge is -2.23. The summed E-state index contributed by atoms with van der Waals surface area (Å²) in [5.74, 6) is 0.884. The number of likely N-dealkylation sites (N-methyl/N-ethyl adjacent to an activating group) is 1. The van der Waals surface area contributed by atoms with Crippen molar-refractivity contribution in [3.8, 4) is 5.75 Å². The molecule has 138 valence electrons. The van der Waals surface area contributed by atoms with Crippen molar-refractivity contribution in [2.75, 3.05) is 47.5 Å². The topological polar surface area (TPSA) is 51.2 Å². The fourth-order valence-electron chi connectivity index (χ4n) is 3.60. The van der Waals surface area contributed by atoms with Gasteiger partial charge in [0, 0.05) is 40.2 Å². The van der Waals surface area contributed by atoms with Crippen LogP contribution in [0.15, 0.2) is 24.3 Å². The molecular weight excluding hydrogens is 320 g/mol. The standard InChI is InChI=1S/C19H28N2O4/c1-20(2)18(22)13-24-17-10-19(25-12-17)7-8-21(14-19)11-15-5-4-6-16(9-15)23-3/h4-6,9,17H,7-8,10-14H2,1-3H3/t17-,19+/m1/s1. The fraction of sp³-hybridized carbons (Fsp3) is 0.632. The van der Waals surface area contributed by atoms with Gasteiger partial charge in [-0.3, -0.25) is 9.69 Å². The van der Waals surface area contributed by atoms with E-state index in [1.54, 1.807) is 26.1 Å². The van der Waals surface area contributed by atoms with Crippen LogP contribution in [0.25, 0.3) is 0 Å². The number of benzene rings is 1. The van der Waals surface area contributed by atoms with E-state index in [1.807, 2.05) is 12.1 Å². The summed E-state index contributed by atoms with van der Waals surface area (Å²) in [5.41, 5.74) is 1.13.